The lowest BCUT2D eigenvalue weighted by Gasteiger charge is -2.57. The van der Waals surface area contributed by atoms with Crippen LogP contribution in [0.4, 0.5) is 0 Å². The second kappa shape index (κ2) is 8.20. The molecule has 5 rings (SSSR count). The molecule has 4 saturated carbocycles. The lowest BCUT2D eigenvalue weighted by molar-refractivity contribution is -0.0749. The SMILES string of the molecule is CCC[C@H]1CC[C@H]2C(CC[C@@H]3C2CC[C@@]2(C)C3CCC2[C@H](C)Cn2nnnc2C)C1. The van der Waals surface area contributed by atoms with Gasteiger partial charge in [-0.2, -0.15) is 0 Å². The van der Waals surface area contributed by atoms with Gasteiger partial charge in [0.2, 0.25) is 0 Å². The molecule has 4 unspecified atom stereocenters. The molecule has 1 heterocycles. The van der Waals surface area contributed by atoms with Crippen molar-refractivity contribution in [2.75, 3.05) is 0 Å². The van der Waals surface area contributed by atoms with Crippen LogP contribution in [0.1, 0.15) is 97.2 Å². The van der Waals surface area contributed by atoms with Gasteiger partial charge >= 0.3 is 0 Å². The molecule has 0 spiro atoms. The number of aromatic nitrogens is 4. The Kier molecular flexibility index (Phi) is 5.73. The molecule has 1 aromatic rings. The molecule has 30 heavy (non-hydrogen) atoms. The van der Waals surface area contributed by atoms with Crippen molar-refractivity contribution >= 4 is 0 Å². The van der Waals surface area contributed by atoms with Crippen molar-refractivity contribution < 1.29 is 0 Å². The summed E-state index contributed by atoms with van der Waals surface area (Å²) in [7, 11) is 0. The van der Waals surface area contributed by atoms with E-state index in [1.54, 1.807) is 19.3 Å². The van der Waals surface area contributed by atoms with E-state index < -0.39 is 0 Å². The first-order valence-electron chi connectivity index (χ1n) is 13.2. The highest BCUT2D eigenvalue weighted by Gasteiger charge is 2.57. The van der Waals surface area contributed by atoms with Crippen LogP contribution in [-0.4, -0.2) is 20.2 Å². The van der Waals surface area contributed by atoms with E-state index in [0.29, 0.717) is 11.3 Å². The maximum Gasteiger partial charge on any atom is 0.148 e. The van der Waals surface area contributed by atoms with Crippen molar-refractivity contribution in [1.82, 2.24) is 20.2 Å². The first kappa shape index (κ1) is 20.9. The lowest BCUT2D eigenvalue weighted by atomic mass is 9.48. The molecule has 9 atom stereocenters. The highest BCUT2D eigenvalue weighted by molar-refractivity contribution is 5.06. The Labute approximate surface area is 184 Å². The van der Waals surface area contributed by atoms with Crippen LogP contribution in [0.3, 0.4) is 0 Å². The molecule has 4 nitrogen and oxygen atoms in total. The molecular formula is C26H44N4. The maximum absolute atomic E-state index is 4.24. The van der Waals surface area contributed by atoms with Gasteiger partial charge in [0.15, 0.2) is 0 Å². The summed E-state index contributed by atoms with van der Waals surface area (Å²) >= 11 is 0. The smallest absolute Gasteiger partial charge is 0.148 e. The Balaban J connectivity index is 1.28. The Morgan fingerprint density at radius 1 is 1.03 bits per heavy atom. The standard InChI is InChI=1S/C26H44N4/c1-5-6-19-7-9-21-20(15-19)8-10-23-22(21)13-14-26(4)24(11-12-25(23)26)17(2)16-30-18(3)27-28-29-30/h17,19-25H,5-16H2,1-4H3/t17-,19+,20?,21+,22?,23-,24?,25?,26-/m1/s1. The van der Waals surface area contributed by atoms with Gasteiger partial charge in [-0.05, 0) is 121 Å². The van der Waals surface area contributed by atoms with Crippen LogP contribution in [0.15, 0.2) is 0 Å². The van der Waals surface area contributed by atoms with Crippen LogP contribution in [0, 0.1) is 59.7 Å². The topological polar surface area (TPSA) is 43.6 Å². The van der Waals surface area contributed by atoms with Gasteiger partial charge in [-0.1, -0.05) is 40.0 Å². The van der Waals surface area contributed by atoms with Gasteiger partial charge in [0.1, 0.15) is 5.82 Å². The van der Waals surface area contributed by atoms with Gasteiger partial charge in [0, 0.05) is 6.54 Å². The van der Waals surface area contributed by atoms with Crippen LogP contribution in [0.5, 0.6) is 0 Å². The van der Waals surface area contributed by atoms with Crippen molar-refractivity contribution in [3.8, 4) is 0 Å². The van der Waals surface area contributed by atoms with E-state index in [1.807, 2.05) is 11.6 Å². The average Bonchev–Trinajstić information content (AvgIpc) is 3.30. The average molecular weight is 413 g/mol. The van der Waals surface area contributed by atoms with Crippen LogP contribution < -0.4 is 0 Å². The Hall–Kier alpha value is -0.930. The summed E-state index contributed by atoms with van der Waals surface area (Å²) in [4.78, 5) is 0. The molecule has 0 saturated heterocycles. The van der Waals surface area contributed by atoms with E-state index in [4.69, 9.17) is 0 Å². The number of hydrogen-bond donors (Lipinski definition) is 0. The van der Waals surface area contributed by atoms with Gasteiger partial charge in [0.05, 0.1) is 0 Å². The van der Waals surface area contributed by atoms with E-state index in [0.717, 1.165) is 53.8 Å². The molecule has 0 radical (unpaired) electrons. The summed E-state index contributed by atoms with van der Waals surface area (Å²) in [6, 6.07) is 0. The van der Waals surface area contributed by atoms with E-state index >= 15 is 0 Å². The Bertz CT molecular complexity index is 728. The van der Waals surface area contributed by atoms with Crippen molar-refractivity contribution in [3.63, 3.8) is 0 Å². The number of aryl methyl sites for hydroxylation is 1. The normalized spacial score (nSPS) is 44.2. The maximum atomic E-state index is 4.24. The van der Waals surface area contributed by atoms with E-state index in [1.165, 1.54) is 51.4 Å². The number of rotatable bonds is 5. The number of fused-ring (bicyclic) bond motifs is 5. The summed E-state index contributed by atoms with van der Waals surface area (Å²) in [6.07, 6.45) is 16.5. The fraction of sp³-hybridized carbons (Fsp3) is 0.962. The molecule has 1 aromatic heterocycles. The number of hydrogen-bond acceptors (Lipinski definition) is 3. The van der Waals surface area contributed by atoms with Crippen LogP contribution in [0.2, 0.25) is 0 Å². The highest BCUT2D eigenvalue weighted by Crippen LogP contribution is 2.65. The quantitative estimate of drug-likeness (QED) is 0.570. The van der Waals surface area contributed by atoms with Crippen LogP contribution in [0.25, 0.3) is 0 Å². The second-order valence-corrected chi connectivity index (χ2v) is 12.0. The lowest BCUT2D eigenvalue weighted by Crippen LogP contribution is -2.49. The van der Waals surface area contributed by atoms with Crippen molar-refractivity contribution in [2.45, 2.75) is 105 Å². The molecule has 0 bridgehead atoms. The van der Waals surface area contributed by atoms with Gasteiger partial charge in [-0.3, -0.25) is 0 Å². The van der Waals surface area contributed by atoms with Crippen LogP contribution in [-0.2, 0) is 6.54 Å². The van der Waals surface area contributed by atoms with Crippen molar-refractivity contribution in [1.29, 1.82) is 0 Å². The monoisotopic (exact) mass is 412 g/mol. The van der Waals surface area contributed by atoms with Crippen molar-refractivity contribution in [3.05, 3.63) is 5.82 Å². The molecular weight excluding hydrogens is 368 g/mol. The predicted molar refractivity (Wildman–Crippen MR) is 121 cm³/mol. The zero-order chi connectivity index (χ0) is 20.9. The predicted octanol–water partition coefficient (Wildman–Crippen LogP) is 6.30. The largest absolute Gasteiger partial charge is 0.230 e. The Morgan fingerprint density at radius 3 is 2.63 bits per heavy atom. The minimum absolute atomic E-state index is 0.550. The number of tetrazole rings is 1. The molecule has 168 valence electrons. The molecule has 0 aromatic carbocycles. The van der Waals surface area contributed by atoms with E-state index in [9.17, 15) is 0 Å². The van der Waals surface area contributed by atoms with Gasteiger partial charge < -0.3 is 0 Å². The molecule has 4 aliphatic carbocycles. The third kappa shape index (κ3) is 3.45. The zero-order valence-electron chi connectivity index (χ0n) is 19.9. The van der Waals surface area contributed by atoms with Gasteiger partial charge in [0.25, 0.3) is 0 Å². The third-order valence-electron chi connectivity index (χ3n) is 10.7. The summed E-state index contributed by atoms with van der Waals surface area (Å²) in [5, 5.41) is 12.2. The first-order chi connectivity index (χ1) is 14.5. The van der Waals surface area contributed by atoms with Crippen LogP contribution >= 0.6 is 0 Å². The minimum Gasteiger partial charge on any atom is -0.230 e. The second-order valence-electron chi connectivity index (χ2n) is 12.0. The van der Waals surface area contributed by atoms with E-state index in [-0.39, 0.29) is 0 Å². The first-order valence-corrected chi connectivity index (χ1v) is 13.2. The Morgan fingerprint density at radius 2 is 1.87 bits per heavy atom. The summed E-state index contributed by atoms with van der Waals surface area (Å²) in [5.74, 6) is 8.72. The number of nitrogens with zero attached hydrogens (tertiary/aromatic N) is 4. The zero-order valence-corrected chi connectivity index (χ0v) is 19.9. The van der Waals surface area contributed by atoms with Gasteiger partial charge in [-0.25, -0.2) is 4.68 Å². The van der Waals surface area contributed by atoms with Gasteiger partial charge in [-0.15, -0.1) is 5.10 Å². The molecule has 4 fully saturated rings. The molecule has 0 aliphatic heterocycles. The molecule has 4 aliphatic rings. The summed E-state index contributed by atoms with van der Waals surface area (Å²) < 4.78 is 2.03. The minimum atomic E-state index is 0.550. The molecule has 0 amide bonds. The molecule has 0 N–H and O–H groups in total. The summed E-state index contributed by atoms with van der Waals surface area (Å²) in [6.45, 7) is 10.5. The highest BCUT2D eigenvalue weighted by atomic mass is 15.5. The van der Waals surface area contributed by atoms with E-state index in [2.05, 4.69) is 36.3 Å². The molecule has 4 heteroatoms. The fourth-order valence-electron chi connectivity index (χ4n) is 9.41. The van der Waals surface area contributed by atoms with Crippen molar-refractivity contribution in [2.24, 2.45) is 52.8 Å². The summed E-state index contributed by atoms with van der Waals surface area (Å²) in [5.41, 5.74) is 0.550. The third-order valence-corrected chi connectivity index (χ3v) is 10.7. The fourth-order valence-corrected chi connectivity index (χ4v) is 9.41.